The summed E-state index contributed by atoms with van der Waals surface area (Å²) in [6, 6.07) is 14.8. The Labute approximate surface area is 115 Å². The lowest BCUT2D eigenvalue weighted by Crippen LogP contribution is -2.10. The predicted octanol–water partition coefficient (Wildman–Crippen LogP) is 4.61. The van der Waals surface area contributed by atoms with Crippen molar-refractivity contribution in [2.45, 2.75) is 31.6 Å². The maximum absolute atomic E-state index is 4.59. The number of hydrogen-bond acceptors (Lipinski definition) is 1. The summed E-state index contributed by atoms with van der Waals surface area (Å²) in [7, 11) is 0. The third kappa shape index (κ3) is 2.93. The molecule has 1 aromatic carbocycles. The number of fused-ring (bicyclic) bond motifs is 1. The first-order valence-electron chi connectivity index (χ1n) is 7.09. The van der Waals surface area contributed by atoms with Gasteiger partial charge in [-0.15, -0.1) is 0 Å². The molecule has 1 heteroatoms. The second-order valence-electron chi connectivity index (χ2n) is 5.19. The highest BCUT2D eigenvalue weighted by atomic mass is 14.7. The predicted molar refractivity (Wildman–Crippen MR) is 80.0 cm³/mol. The van der Waals surface area contributed by atoms with Gasteiger partial charge in [0.1, 0.15) is 0 Å². The first kappa shape index (κ1) is 12.2. The van der Waals surface area contributed by atoms with Gasteiger partial charge in [0, 0.05) is 17.8 Å². The van der Waals surface area contributed by atoms with Crippen molar-refractivity contribution in [3.63, 3.8) is 0 Å². The van der Waals surface area contributed by atoms with E-state index in [-0.39, 0.29) is 0 Å². The average molecular weight is 249 g/mol. The third-order valence-electron chi connectivity index (χ3n) is 3.84. The molecule has 0 saturated carbocycles. The Morgan fingerprint density at radius 3 is 2.89 bits per heavy atom. The van der Waals surface area contributed by atoms with Gasteiger partial charge in [0.25, 0.3) is 0 Å². The van der Waals surface area contributed by atoms with Gasteiger partial charge in [-0.25, -0.2) is 0 Å². The van der Waals surface area contributed by atoms with Gasteiger partial charge in [0.2, 0.25) is 0 Å². The minimum atomic E-state index is 0.602. The minimum Gasteiger partial charge on any atom is -0.261 e. The topological polar surface area (TPSA) is 12.9 Å². The van der Waals surface area contributed by atoms with Crippen LogP contribution in [0.4, 0.5) is 0 Å². The highest BCUT2D eigenvalue weighted by Crippen LogP contribution is 2.32. The number of rotatable bonds is 3. The maximum atomic E-state index is 4.59. The van der Waals surface area contributed by atoms with Crippen molar-refractivity contribution < 1.29 is 0 Å². The zero-order valence-electron chi connectivity index (χ0n) is 11.1. The molecule has 0 bridgehead atoms. The largest absolute Gasteiger partial charge is 0.261 e. The molecule has 2 aromatic rings. The van der Waals surface area contributed by atoms with Crippen molar-refractivity contribution in [1.29, 1.82) is 0 Å². The van der Waals surface area contributed by atoms with Crippen LogP contribution in [0.25, 0.3) is 6.08 Å². The summed E-state index contributed by atoms with van der Waals surface area (Å²) in [5.41, 5.74) is 4.05. The molecule has 0 spiro atoms. The van der Waals surface area contributed by atoms with E-state index >= 15 is 0 Å². The van der Waals surface area contributed by atoms with Crippen LogP contribution in [0.1, 0.15) is 42.0 Å². The molecule has 3 rings (SSSR count). The molecule has 96 valence electrons. The van der Waals surface area contributed by atoms with Gasteiger partial charge in [0.05, 0.1) is 0 Å². The molecule has 0 amide bonds. The Hall–Kier alpha value is -1.89. The molecule has 19 heavy (non-hydrogen) atoms. The molecule has 1 nitrogen and oxygen atoms in total. The fraction of sp³-hybridized carbons (Fsp3) is 0.278. The Bertz CT molecular complexity index is 557. The summed E-state index contributed by atoms with van der Waals surface area (Å²) >= 11 is 0. The Morgan fingerprint density at radius 1 is 1.11 bits per heavy atom. The van der Waals surface area contributed by atoms with E-state index in [1.165, 1.54) is 36.1 Å². The number of aromatic nitrogens is 1. The zero-order chi connectivity index (χ0) is 12.9. The third-order valence-corrected chi connectivity index (χ3v) is 3.84. The molecular formula is C18H19N. The number of pyridine rings is 1. The standard InChI is InChI=1S/C18H19N/c1-2-7-15(8-3-1)9-4-10-16-11-5-12-17-13-6-14-19-18(16)17/h1-4,6-9,13-14,16H,5,10-12H2/b9-4+/t16-/m0/s1. The first-order valence-corrected chi connectivity index (χ1v) is 7.09. The van der Waals surface area contributed by atoms with Gasteiger partial charge in [-0.3, -0.25) is 4.98 Å². The molecule has 0 N–H and O–H groups in total. The van der Waals surface area contributed by atoms with Crippen molar-refractivity contribution >= 4 is 6.08 Å². The van der Waals surface area contributed by atoms with Gasteiger partial charge < -0.3 is 0 Å². The Kier molecular flexibility index (Phi) is 3.73. The summed E-state index contributed by atoms with van der Waals surface area (Å²) in [5.74, 6) is 0.602. The second kappa shape index (κ2) is 5.83. The molecule has 0 aliphatic heterocycles. The smallest absolute Gasteiger partial charge is 0.0469 e. The van der Waals surface area contributed by atoms with E-state index in [1.807, 2.05) is 6.20 Å². The fourth-order valence-electron chi connectivity index (χ4n) is 2.87. The van der Waals surface area contributed by atoms with Crippen LogP contribution in [0.5, 0.6) is 0 Å². The van der Waals surface area contributed by atoms with Gasteiger partial charge in [-0.1, -0.05) is 48.6 Å². The molecule has 1 atom stereocenters. The van der Waals surface area contributed by atoms with E-state index in [2.05, 4.69) is 59.6 Å². The lowest BCUT2D eigenvalue weighted by atomic mass is 9.84. The molecular weight excluding hydrogens is 230 g/mol. The number of nitrogens with zero attached hydrogens (tertiary/aromatic N) is 1. The summed E-state index contributed by atoms with van der Waals surface area (Å²) in [4.78, 5) is 4.59. The quantitative estimate of drug-likeness (QED) is 0.774. The number of aryl methyl sites for hydroxylation is 1. The molecule has 0 unspecified atom stereocenters. The van der Waals surface area contributed by atoms with E-state index in [9.17, 15) is 0 Å². The van der Waals surface area contributed by atoms with Gasteiger partial charge in [-0.2, -0.15) is 0 Å². The van der Waals surface area contributed by atoms with Crippen molar-refractivity contribution in [1.82, 2.24) is 4.98 Å². The zero-order valence-corrected chi connectivity index (χ0v) is 11.1. The minimum absolute atomic E-state index is 0.602. The monoisotopic (exact) mass is 249 g/mol. The number of hydrogen-bond donors (Lipinski definition) is 0. The highest BCUT2D eigenvalue weighted by molar-refractivity contribution is 5.48. The Balaban J connectivity index is 1.70. The molecule has 0 saturated heterocycles. The average Bonchev–Trinajstić information content (AvgIpc) is 2.49. The second-order valence-corrected chi connectivity index (χ2v) is 5.19. The lowest BCUT2D eigenvalue weighted by molar-refractivity contribution is 0.543. The van der Waals surface area contributed by atoms with E-state index in [0.29, 0.717) is 5.92 Å². The molecule has 1 aliphatic rings. The molecule has 1 heterocycles. The van der Waals surface area contributed by atoms with Crippen molar-refractivity contribution in [2.24, 2.45) is 0 Å². The van der Waals surface area contributed by atoms with Crippen LogP contribution < -0.4 is 0 Å². The van der Waals surface area contributed by atoms with E-state index in [1.54, 1.807) is 0 Å². The van der Waals surface area contributed by atoms with Crippen LogP contribution >= 0.6 is 0 Å². The van der Waals surface area contributed by atoms with Crippen LogP contribution in [0.15, 0.2) is 54.7 Å². The molecule has 1 aliphatic carbocycles. The van der Waals surface area contributed by atoms with Crippen LogP contribution in [0.2, 0.25) is 0 Å². The van der Waals surface area contributed by atoms with Gasteiger partial charge in [0.15, 0.2) is 0 Å². The van der Waals surface area contributed by atoms with E-state index in [4.69, 9.17) is 0 Å². The lowest BCUT2D eigenvalue weighted by Gasteiger charge is -2.23. The molecule has 1 aromatic heterocycles. The van der Waals surface area contributed by atoms with Gasteiger partial charge >= 0.3 is 0 Å². The highest BCUT2D eigenvalue weighted by Gasteiger charge is 2.19. The number of allylic oxidation sites excluding steroid dienone is 1. The fourth-order valence-corrected chi connectivity index (χ4v) is 2.87. The summed E-state index contributed by atoms with van der Waals surface area (Å²) in [6.07, 6.45) is 11.3. The van der Waals surface area contributed by atoms with E-state index < -0.39 is 0 Å². The molecule has 0 radical (unpaired) electrons. The summed E-state index contributed by atoms with van der Waals surface area (Å²) < 4.78 is 0. The van der Waals surface area contributed by atoms with Crippen molar-refractivity contribution in [2.75, 3.05) is 0 Å². The van der Waals surface area contributed by atoms with E-state index in [0.717, 1.165) is 6.42 Å². The van der Waals surface area contributed by atoms with Crippen LogP contribution in [-0.4, -0.2) is 4.98 Å². The van der Waals surface area contributed by atoms with Gasteiger partial charge in [-0.05, 0) is 42.9 Å². The normalized spacial score (nSPS) is 18.4. The molecule has 0 fully saturated rings. The maximum Gasteiger partial charge on any atom is 0.0469 e. The number of benzene rings is 1. The summed E-state index contributed by atoms with van der Waals surface area (Å²) in [6.45, 7) is 0. The Morgan fingerprint density at radius 2 is 2.00 bits per heavy atom. The first-order chi connectivity index (χ1) is 9.43. The summed E-state index contributed by atoms with van der Waals surface area (Å²) in [5, 5.41) is 0. The van der Waals surface area contributed by atoms with Crippen LogP contribution in [0.3, 0.4) is 0 Å². The van der Waals surface area contributed by atoms with Crippen molar-refractivity contribution in [3.8, 4) is 0 Å². The SMILES string of the molecule is C(=C\c1ccccc1)/C[C@H]1CCCc2cccnc21. The van der Waals surface area contributed by atoms with Crippen LogP contribution in [0, 0.1) is 0 Å². The van der Waals surface area contributed by atoms with Crippen molar-refractivity contribution in [3.05, 3.63) is 71.6 Å². The van der Waals surface area contributed by atoms with Crippen LogP contribution in [-0.2, 0) is 6.42 Å².